The highest BCUT2D eigenvalue weighted by atomic mass is 16.5. The zero-order valence-electron chi connectivity index (χ0n) is 14.0. The molecular formula is C16H26N4O2. The van der Waals surface area contributed by atoms with E-state index in [4.69, 9.17) is 4.74 Å². The lowest BCUT2D eigenvalue weighted by Crippen LogP contribution is -2.45. The summed E-state index contributed by atoms with van der Waals surface area (Å²) in [7, 11) is 5.03. The molecule has 0 fully saturated rings. The predicted molar refractivity (Wildman–Crippen MR) is 89.1 cm³/mol. The van der Waals surface area contributed by atoms with Gasteiger partial charge in [-0.15, -0.1) is 0 Å². The molecule has 0 heterocycles. The van der Waals surface area contributed by atoms with Gasteiger partial charge in [-0.05, 0) is 31.5 Å². The molecule has 1 aromatic rings. The smallest absolute Gasteiger partial charge is 0.251 e. The molecule has 1 rings (SSSR count). The molecule has 122 valence electrons. The van der Waals surface area contributed by atoms with E-state index in [-0.39, 0.29) is 11.5 Å². The maximum Gasteiger partial charge on any atom is 0.251 e. The normalized spacial score (nSPS) is 12.0. The molecule has 0 atom stereocenters. The van der Waals surface area contributed by atoms with Crippen LogP contribution in [0.15, 0.2) is 29.3 Å². The standard InChI is InChI=1S/C16H26N4O2/c1-16(2,22-5)11-20-15(18-4)19-10-12-6-8-13(9-7-12)14(21)17-3/h6-9H,10-11H2,1-5H3,(H,17,21)(H2,18,19,20). The van der Waals surface area contributed by atoms with Crippen molar-refractivity contribution in [2.45, 2.75) is 26.0 Å². The van der Waals surface area contributed by atoms with E-state index < -0.39 is 0 Å². The van der Waals surface area contributed by atoms with E-state index >= 15 is 0 Å². The summed E-state index contributed by atoms with van der Waals surface area (Å²) in [6, 6.07) is 7.45. The molecule has 3 N–H and O–H groups in total. The molecule has 0 radical (unpaired) electrons. The number of methoxy groups -OCH3 is 1. The molecule has 22 heavy (non-hydrogen) atoms. The average molecular weight is 306 g/mol. The van der Waals surface area contributed by atoms with Crippen LogP contribution in [0.3, 0.4) is 0 Å². The number of nitrogens with zero attached hydrogens (tertiary/aromatic N) is 1. The van der Waals surface area contributed by atoms with Crippen LogP contribution in [-0.2, 0) is 11.3 Å². The Hall–Kier alpha value is -2.08. The number of carbonyl (C=O) groups excluding carboxylic acids is 1. The van der Waals surface area contributed by atoms with E-state index in [0.29, 0.717) is 24.6 Å². The van der Waals surface area contributed by atoms with Crippen LogP contribution >= 0.6 is 0 Å². The Labute approximate surface area is 132 Å². The van der Waals surface area contributed by atoms with Gasteiger partial charge in [0, 0.05) is 39.9 Å². The van der Waals surface area contributed by atoms with Gasteiger partial charge in [0.1, 0.15) is 0 Å². The van der Waals surface area contributed by atoms with Gasteiger partial charge in [-0.25, -0.2) is 0 Å². The minimum atomic E-state index is -0.257. The average Bonchev–Trinajstić information content (AvgIpc) is 2.54. The Morgan fingerprint density at radius 2 is 1.86 bits per heavy atom. The van der Waals surface area contributed by atoms with Crippen molar-refractivity contribution in [1.82, 2.24) is 16.0 Å². The first-order chi connectivity index (χ1) is 10.4. The summed E-state index contributed by atoms with van der Waals surface area (Å²) in [4.78, 5) is 15.7. The third-order valence-electron chi connectivity index (χ3n) is 3.36. The molecule has 0 saturated heterocycles. The fraction of sp³-hybridized carbons (Fsp3) is 0.500. The second-order valence-electron chi connectivity index (χ2n) is 5.52. The van der Waals surface area contributed by atoms with Crippen molar-refractivity contribution in [2.24, 2.45) is 4.99 Å². The Kier molecular flexibility index (Phi) is 6.85. The third kappa shape index (κ3) is 5.73. The SMILES string of the molecule is CN=C(NCc1ccc(C(=O)NC)cc1)NCC(C)(C)OC. The van der Waals surface area contributed by atoms with Crippen molar-refractivity contribution in [1.29, 1.82) is 0 Å². The van der Waals surface area contributed by atoms with Crippen LogP contribution in [0.5, 0.6) is 0 Å². The molecule has 1 amide bonds. The molecule has 0 aromatic heterocycles. The predicted octanol–water partition coefficient (Wildman–Crippen LogP) is 1.14. The van der Waals surface area contributed by atoms with Crippen LogP contribution < -0.4 is 16.0 Å². The minimum absolute atomic E-state index is 0.0845. The van der Waals surface area contributed by atoms with E-state index in [2.05, 4.69) is 20.9 Å². The first-order valence-corrected chi connectivity index (χ1v) is 7.22. The number of ether oxygens (including phenoxy) is 1. The van der Waals surface area contributed by atoms with Gasteiger partial charge in [-0.2, -0.15) is 0 Å². The van der Waals surface area contributed by atoms with E-state index in [0.717, 1.165) is 5.56 Å². The summed E-state index contributed by atoms with van der Waals surface area (Å²) in [5.74, 6) is 0.624. The van der Waals surface area contributed by atoms with Gasteiger partial charge in [0.15, 0.2) is 5.96 Å². The summed E-state index contributed by atoms with van der Waals surface area (Å²) in [6.07, 6.45) is 0. The maximum absolute atomic E-state index is 11.5. The molecule has 0 spiro atoms. The largest absolute Gasteiger partial charge is 0.377 e. The summed E-state index contributed by atoms with van der Waals surface area (Å²) < 4.78 is 5.36. The fourth-order valence-corrected chi connectivity index (χ4v) is 1.69. The number of rotatable bonds is 6. The lowest BCUT2D eigenvalue weighted by Gasteiger charge is -2.24. The van der Waals surface area contributed by atoms with E-state index in [1.807, 2.05) is 26.0 Å². The first kappa shape index (κ1) is 18.0. The number of nitrogens with one attached hydrogen (secondary N) is 3. The molecule has 0 unspecified atom stereocenters. The van der Waals surface area contributed by atoms with Crippen molar-refractivity contribution in [2.75, 3.05) is 27.7 Å². The van der Waals surface area contributed by atoms with Crippen LogP contribution in [0.1, 0.15) is 29.8 Å². The summed E-state index contributed by atoms with van der Waals surface area (Å²) in [5.41, 5.74) is 1.46. The first-order valence-electron chi connectivity index (χ1n) is 7.22. The third-order valence-corrected chi connectivity index (χ3v) is 3.36. The Morgan fingerprint density at radius 3 is 2.36 bits per heavy atom. The van der Waals surface area contributed by atoms with Crippen LogP contribution in [-0.4, -0.2) is 45.2 Å². The number of hydrogen-bond donors (Lipinski definition) is 3. The number of hydrogen-bond acceptors (Lipinski definition) is 3. The maximum atomic E-state index is 11.5. The zero-order valence-corrected chi connectivity index (χ0v) is 14.0. The van der Waals surface area contributed by atoms with Gasteiger partial charge in [0.2, 0.25) is 0 Å². The van der Waals surface area contributed by atoms with Crippen molar-refractivity contribution in [3.05, 3.63) is 35.4 Å². The summed E-state index contributed by atoms with van der Waals surface area (Å²) in [6.45, 7) is 5.29. The van der Waals surface area contributed by atoms with Gasteiger partial charge >= 0.3 is 0 Å². The monoisotopic (exact) mass is 306 g/mol. The molecule has 0 aliphatic heterocycles. The summed E-state index contributed by atoms with van der Waals surface area (Å²) >= 11 is 0. The van der Waals surface area contributed by atoms with Gasteiger partial charge in [-0.1, -0.05) is 12.1 Å². The Bertz CT molecular complexity index is 509. The Balaban J connectivity index is 2.51. The highest BCUT2D eigenvalue weighted by molar-refractivity contribution is 5.93. The van der Waals surface area contributed by atoms with Gasteiger partial charge < -0.3 is 20.7 Å². The molecule has 1 aromatic carbocycles. The molecular weight excluding hydrogens is 280 g/mol. The van der Waals surface area contributed by atoms with Crippen LogP contribution in [0.25, 0.3) is 0 Å². The summed E-state index contributed by atoms with van der Waals surface area (Å²) in [5, 5.41) is 9.05. The molecule has 0 aliphatic carbocycles. The van der Waals surface area contributed by atoms with Gasteiger partial charge in [0.05, 0.1) is 5.60 Å². The van der Waals surface area contributed by atoms with Crippen molar-refractivity contribution in [3.8, 4) is 0 Å². The van der Waals surface area contributed by atoms with Crippen LogP contribution in [0.2, 0.25) is 0 Å². The Morgan fingerprint density at radius 1 is 1.23 bits per heavy atom. The number of carbonyl (C=O) groups is 1. The molecule has 0 aliphatic rings. The van der Waals surface area contributed by atoms with Crippen molar-refractivity contribution < 1.29 is 9.53 Å². The number of guanidine groups is 1. The van der Waals surface area contributed by atoms with Crippen molar-refractivity contribution >= 4 is 11.9 Å². The lowest BCUT2D eigenvalue weighted by atomic mass is 10.1. The molecule has 6 heteroatoms. The van der Waals surface area contributed by atoms with Crippen LogP contribution in [0.4, 0.5) is 0 Å². The van der Waals surface area contributed by atoms with Crippen LogP contribution in [0, 0.1) is 0 Å². The van der Waals surface area contributed by atoms with Gasteiger partial charge in [0.25, 0.3) is 5.91 Å². The zero-order chi connectivity index (χ0) is 16.6. The second-order valence-corrected chi connectivity index (χ2v) is 5.52. The number of aliphatic imine (C=N–C) groups is 1. The molecule has 0 saturated carbocycles. The second kappa shape index (κ2) is 8.38. The minimum Gasteiger partial charge on any atom is -0.377 e. The van der Waals surface area contributed by atoms with E-state index in [1.165, 1.54) is 0 Å². The number of benzene rings is 1. The number of amides is 1. The fourth-order valence-electron chi connectivity index (χ4n) is 1.69. The quantitative estimate of drug-likeness (QED) is 0.544. The highest BCUT2D eigenvalue weighted by Gasteiger charge is 2.16. The van der Waals surface area contributed by atoms with Gasteiger partial charge in [-0.3, -0.25) is 9.79 Å². The molecule has 0 bridgehead atoms. The highest BCUT2D eigenvalue weighted by Crippen LogP contribution is 2.05. The topological polar surface area (TPSA) is 74.8 Å². The lowest BCUT2D eigenvalue weighted by molar-refractivity contribution is 0.0268. The molecule has 6 nitrogen and oxygen atoms in total. The van der Waals surface area contributed by atoms with E-state index in [1.54, 1.807) is 33.3 Å². The van der Waals surface area contributed by atoms with Crippen molar-refractivity contribution in [3.63, 3.8) is 0 Å². The van der Waals surface area contributed by atoms with E-state index in [9.17, 15) is 4.79 Å².